The van der Waals surface area contributed by atoms with Gasteiger partial charge in [-0.15, -0.1) is 0 Å². The SMILES string of the molecule is CCc1ccccc1OP(=O)(O)Oc1ccccc1CC. The predicted octanol–water partition coefficient (Wildman–Crippen LogP) is 4.37. The van der Waals surface area contributed by atoms with Gasteiger partial charge in [-0.25, -0.2) is 4.57 Å². The Morgan fingerprint density at radius 1 is 0.857 bits per heavy atom. The first-order chi connectivity index (χ1) is 10.1. The van der Waals surface area contributed by atoms with Crippen molar-refractivity contribution in [1.82, 2.24) is 0 Å². The van der Waals surface area contributed by atoms with Crippen LogP contribution < -0.4 is 9.05 Å². The van der Waals surface area contributed by atoms with Crippen molar-refractivity contribution < 1.29 is 18.5 Å². The molecule has 2 aromatic rings. The Balaban J connectivity index is 2.20. The molecular formula is C16H19O4P. The van der Waals surface area contributed by atoms with Gasteiger partial charge in [0, 0.05) is 0 Å². The van der Waals surface area contributed by atoms with E-state index in [-0.39, 0.29) is 0 Å². The van der Waals surface area contributed by atoms with Crippen LogP contribution in [0.4, 0.5) is 0 Å². The highest BCUT2D eigenvalue weighted by molar-refractivity contribution is 7.48. The first-order valence-corrected chi connectivity index (χ1v) is 8.43. The zero-order valence-corrected chi connectivity index (χ0v) is 13.0. The summed E-state index contributed by atoms with van der Waals surface area (Å²) in [5.41, 5.74) is 1.72. The Labute approximate surface area is 125 Å². The Hall–Kier alpha value is -1.77. The van der Waals surface area contributed by atoms with Crippen LogP contribution in [0.25, 0.3) is 0 Å². The monoisotopic (exact) mass is 306 g/mol. The van der Waals surface area contributed by atoms with Crippen LogP contribution in [0.2, 0.25) is 0 Å². The maximum atomic E-state index is 12.2. The molecule has 0 unspecified atom stereocenters. The van der Waals surface area contributed by atoms with Gasteiger partial charge in [-0.1, -0.05) is 50.2 Å². The van der Waals surface area contributed by atoms with Crippen LogP contribution in [0.15, 0.2) is 48.5 Å². The third-order valence-corrected chi connectivity index (χ3v) is 3.99. The van der Waals surface area contributed by atoms with E-state index in [0.29, 0.717) is 24.3 Å². The predicted molar refractivity (Wildman–Crippen MR) is 82.7 cm³/mol. The van der Waals surface area contributed by atoms with E-state index in [1.165, 1.54) is 0 Å². The van der Waals surface area contributed by atoms with Crippen molar-refractivity contribution in [2.45, 2.75) is 26.7 Å². The van der Waals surface area contributed by atoms with Crippen molar-refractivity contribution in [3.05, 3.63) is 59.7 Å². The van der Waals surface area contributed by atoms with Crippen molar-refractivity contribution in [2.75, 3.05) is 0 Å². The van der Waals surface area contributed by atoms with Gasteiger partial charge >= 0.3 is 7.82 Å². The van der Waals surface area contributed by atoms with Crippen molar-refractivity contribution in [3.63, 3.8) is 0 Å². The highest BCUT2D eigenvalue weighted by Gasteiger charge is 2.26. The molecule has 2 aromatic carbocycles. The first kappa shape index (κ1) is 15.6. The van der Waals surface area contributed by atoms with Crippen molar-refractivity contribution in [3.8, 4) is 11.5 Å². The summed E-state index contributed by atoms with van der Waals surface area (Å²) in [6.07, 6.45) is 1.42. The molecule has 0 heterocycles. The number of phosphoric acid groups is 1. The number of phosphoric ester groups is 1. The zero-order chi connectivity index (χ0) is 15.3. The van der Waals surface area contributed by atoms with E-state index in [1.807, 2.05) is 38.1 Å². The lowest BCUT2D eigenvalue weighted by Crippen LogP contribution is -2.03. The summed E-state index contributed by atoms with van der Waals surface area (Å²) in [5, 5.41) is 0. The van der Waals surface area contributed by atoms with Crippen LogP contribution in [0.1, 0.15) is 25.0 Å². The second kappa shape index (κ2) is 6.79. The molecule has 0 saturated carbocycles. The second-order valence-corrected chi connectivity index (χ2v) is 5.88. The van der Waals surface area contributed by atoms with Crippen molar-refractivity contribution in [2.24, 2.45) is 0 Å². The molecule has 0 radical (unpaired) electrons. The molecule has 0 saturated heterocycles. The van der Waals surface area contributed by atoms with Crippen molar-refractivity contribution in [1.29, 1.82) is 0 Å². The molecular weight excluding hydrogens is 287 g/mol. The molecule has 0 atom stereocenters. The van der Waals surface area contributed by atoms with Gasteiger partial charge in [0.1, 0.15) is 11.5 Å². The summed E-state index contributed by atoms with van der Waals surface area (Å²) >= 11 is 0. The lowest BCUT2D eigenvalue weighted by Gasteiger charge is -2.17. The van der Waals surface area contributed by atoms with Gasteiger partial charge in [0.25, 0.3) is 0 Å². The average Bonchev–Trinajstić information content (AvgIpc) is 2.47. The van der Waals surface area contributed by atoms with E-state index in [9.17, 15) is 9.46 Å². The lowest BCUT2D eigenvalue weighted by molar-refractivity contribution is 0.289. The highest BCUT2D eigenvalue weighted by Crippen LogP contribution is 2.46. The standard InChI is InChI=1S/C16H19O4P/c1-3-13-9-5-7-11-15(13)19-21(17,18)20-16-12-8-6-10-14(16)4-2/h5-12H,3-4H2,1-2H3,(H,17,18). The molecule has 0 aliphatic rings. The van der Waals surface area contributed by atoms with E-state index in [1.54, 1.807) is 24.3 Å². The molecule has 1 N–H and O–H groups in total. The fourth-order valence-corrected chi connectivity index (χ4v) is 2.93. The van der Waals surface area contributed by atoms with Gasteiger partial charge in [0.15, 0.2) is 0 Å². The summed E-state index contributed by atoms with van der Waals surface area (Å²) in [4.78, 5) is 9.97. The Morgan fingerprint density at radius 2 is 1.24 bits per heavy atom. The molecule has 0 amide bonds. The number of aryl methyl sites for hydroxylation is 2. The first-order valence-electron chi connectivity index (χ1n) is 6.93. The maximum absolute atomic E-state index is 12.2. The third kappa shape index (κ3) is 4.10. The summed E-state index contributed by atoms with van der Waals surface area (Å²) in [6, 6.07) is 14.3. The van der Waals surface area contributed by atoms with E-state index in [4.69, 9.17) is 9.05 Å². The Bertz CT molecular complexity index is 601. The molecule has 0 spiro atoms. The van der Waals surface area contributed by atoms with Crippen LogP contribution in [-0.4, -0.2) is 4.89 Å². The zero-order valence-electron chi connectivity index (χ0n) is 12.2. The molecule has 2 rings (SSSR count). The second-order valence-electron chi connectivity index (χ2n) is 4.57. The normalized spacial score (nSPS) is 11.2. The van der Waals surface area contributed by atoms with Crippen LogP contribution in [-0.2, 0) is 17.4 Å². The molecule has 0 fully saturated rings. The molecule has 0 aromatic heterocycles. The molecule has 4 nitrogen and oxygen atoms in total. The van der Waals surface area contributed by atoms with Gasteiger partial charge in [0.05, 0.1) is 0 Å². The minimum atomic E-state index is -4.22. The average molecular weight is 306 g/mol. The van der Waals surface area contributed by atoms with Gasteiger partial charge in [0.2, 0.25) is 0 Å². The van der Waals surface area contributed by atoms with Gasteiger partial charge in [-0.2, -0.15) is 0 Å². The Kier molecular flexibility index (Phi) is 5.05. The summed E-state index contributed by atoms with van der Waals surface area (Å²) in [6.45, 7) is 3.91. The van der Waals surface area contributed by atoms with E-state index in [2.05, 4.69) is 0 Å². The molecule has 0 aliphatic carbocycles. The smallest absolute Gasteiger partial charge is 0.395 e. The minimum absolute atomic E-state index is 0.375. The number of para-hydroxylation sites is 2. The van der Waals surface area contributed by atoms with Gasteiger partial charge < -0.3 is 9.05 Å². The number of benzene rings is 2. The lowest BCUT2D eigenvalue weighted by atomic mass is 10.1. The maximum Gasteiger partial charge on any atom is 0.584 e. The molecule has 0 bridgehead atoms. The van der Waals surface area contributed by atoms with E-state index >= 15 is 0 Å². The fraction of sp³-hybridized carbons (Fsp3) is 0.250. The summed E-state index contributed by atoms with van der Waals surface area (Å²) in [7, 11) is -4.22. The van der Waals surface area contributed by atoms with Crippen LogP contribution in [0.3, 0.4) is 0 Å². The molecule has 112 valence electrons. The fourth-order valence-electron chi connectivity index (χ4n) is 2.04. The summed E-state index contributed by atoms with van der Waals surface area (Å²) < 4.78 is 22.6. The molecule has 5 heteroatoms. The third-order valence-electron chi connectivity index (χ3n) is 3.13. The van der Waals surface area contributed by atoms with E-state index in [0.717, 1.165) is 11.1 Å². The van der Waals surface area contributed by atoms with E-state index < -0.39 is 7.82 Å². The van der Waals surface area contributed by atoms with Crippen LogP contribution >= 0.6 is 7.82 Å². The largest absolute Gasteiger partial charge is 0.584 e. The number of hydrogen-bond donors (Lipinski definition) is 1. The van der Waals surface area contributed by atoms with Crippen LogP contribution in [0.5, 0.6) is 11.5 Å². The highest BCUT2D eigenvalue weighted by atomic mass is 31.2. The topological polar surface area (TPSA) is 55.8 Å². The van der Waals surface area contributed by atoms with Gasteiger partial charge in [-0.05, 0) is 36.1 Å². The molecule has 0 aliphatic heterocycles. The quantitative estimate of drug-likeness (QED) is 0.805. The number of hydrogen-bond acceptors (Lipinski definition) is 3. The number of rotatable bonds is 6. The molecule has 21 heavy (non-hydrogen) atoms. The minimum Gasteiger partial charge on any atom is -0.395 e. The van der Waals surface area contributed by atoms with Crippen LogP contribution in [0, 0.1) is 0 Å². The van der Waals surface area contributed by atoms with Crippen molar-refractivity contribution >= 4 is 7.82 Å². The summed E-state index contributed by atoms with van der Waals surface area (Å²) in [5.74, 6) is 0.750. The Morgan fingerprint density at radius 3 is 1.62 bits per heavy atom. The van der Waals surface area contributed by atoms with Gasteiger partial charge in [-0.3, -0.25) is 4.89 Å².